The summed E-state index contributed by atoms with van der Waals surface area (Å²) in [5.74, 6) is 0.115. The third kappa shape index (κ3) is 2.29. The predicted octanol–water partition coefficient (Wildman–Crippen LogP) is 3.08. The molecule has 22 heavy (non-hydrogen) atoms. The smallest absolute Gasteiger partial charge is 0.338 e. The fourth-order valence-electron chi connectivity index (χ4n) is 2.68. The maximum atomic E-state index is 12.0. The second-order valence-electron chi connectivity index (χ2n) is 5.32. The van der Waals surface area contributed by atoms with Crippen LogP contribution in [0.25, 0.3) is 10.9 Å². The highest BCUT2D eigenvalue weighted by atomic mass is 16.6. The van der Waals surface area contributed by atoms with E-state index < -0.39 is 6.04 Å². The lowest BCUT2D eigenvalue weighted by Gasteiger charge is -2.00. The van der Waals surface area contributed by atoms with Crippen LogP contribution in [-0.4, -0.2) is 22.9 Å². The second-order valence-corrected chi connectivity index (χ2v) is 5.32. The van der Waals surface area contributed by atoms with Crippen LogP contribution >= 0.6 is 0 Å². The quantitative estimate of drug-likeness (QED) is 0.754. The molecule has 108 valence electrons. The van der Waals surface area contributed by atoms with Crippen molar-refractivity contribution in [3.05, 3.63) is 71.9 Å². The van der Waals surface area contributed by atoms with Gasteiger partial charge in [-0.05, 0) is 29.7 Å². The zero-order valence-corrected chi connectivity index (χ0v) is 11.8. The molecule has 0 spiro atoms. The Morgan fingerprint density at radius 3 is 2.64 bits per heavy atom. The Hall–Kier alpha value is -2.88. The molecule has 0 saturated carbocycles. The highest BCUT2D eigenvalue weighted by Crippen LogP contribution is 2.20. The zero-order chi connectivity index (χ0) is 14.9. The molecule has 0 aliphatic carbocycles. The van der Waals surface area contributed by atoms with E-state index in [4.69, 9.17) is 4.74 Å². The number of rotatable bonds is 3. The summed E-state index contributed by atoms with van der Waals surface area (Å²) in [6, 6.07) is 19.1. The van der Waals surface area contributed by atoms with E-state index >= 15 is 0 Å². The first-order valence-electron chi connectivity index (χ1n) is 7.21. The van der Waals surface area contributed by atoms with Gasteiger partial charge in [-0.25, -0.2) is 9.79 Å². The minimum Gasteiger partial charge on any atom is -0.406 e. The second kappa shape index (κ2) is 5.15. The number of fused-ring (bicyclic) bond motifs is 1. The Balaban J connectivity index is 1.60. The van der Waals surface area contributed by atoms with Crippen LogP contribution < -0.4 is 0 Å². The fourth-order valence-corrected chi connectivity index (χ4v) is 2.68. The first-order chi connectivity index (χ1) is 10.8. The minimum atomic E-state index is -0.483. The van der Waals surface area contributed by atoms with E-state index in [2.05, 4.69) is 16.0 Å². The number of carbonyl (C=O) groups is 1. The standard InChI is InChI=1S/C18H14N2O2/c21-18-16(20-17(22-18)12-6-2-1-3-7-12)11-14-10-13-8-4-5-9-15(13)19-14/h1-10,16,19H,11H2. The number of nitrogens with zero attached hydrogens (tertiary/aromatic N) is 1. The number of aromatic amines is 1. The van der Waals surface area contributed by atoms with Crippen LogP contribution in [0.4, 0.5) is 0 Å². The van der Waals surface area contributed by atoms with Gasteiger partial charge in [0.2, 0.25) is 5.90 Å². The molecule has 1 aliphatic rings. The molecule has 0 amide bonds. The molecule has 0 saturated heterocycles. The molecule has 0 fully saturated rings. The van der Waals surface area contributed by atoms with Crippen molar-refractivity contribution in [2.45, 2.75) is 12.5 Å². The molecule has 2 heterocycles. The molecule has 4 nitrogen and oxygen atoms in total. The average Bonchev–Trinajstić information content (AvgIpc) is 3.12. The lowest BCUT2D eigenvalue weighted by molar-refractivity contribution is -0.134. The summed E-state index contributed by atoms with van der Waals surface area (Å²) < 4.78 is 5.30. The van der Waals surface area contributed by atoms with Gasteiger partial charge in [-0.15, -0.1) is 0 Å². The molecular weight excluding hydrogens is 276 g/mol. The van der Waals surface area contributed by atoms with Gasteiger partial charge in [0.25, 0.3) is 0 Å². The van der Waals surface area contributed by atoms with Crippen molar-refractivity contribution in [1.29, 1.82) is 0 Å². The van der Waals surface area contributed by atoms with Crippen molar-refractivity contribution in [3.8, 4) is 0 Å². The summed E-state index contributed by atoms with van der Waals surface area (Å²) in [6.45, 7) is 0. The summed E-state index contributed by atoms with van der Waals surface area (Å²) in [6.07, 6.45) is 0.518. The normalized spacial score (nSPS) is 17.5. The number of carbonyl (C=O) groups excluding carboxylic acids is 1. The maximum Gasteiger partial charge on any atom is 0.338 e. The van der Waals surface area contributed by atoms with Crippen molar-refractivity contribution >= 4 is 22.8 Å². The highest BCUT2D eigenvalue weighted by Gasteiger charge is 2.30. The molecule has 4 rings (SSSR count). The van der Waals surface area contributed by atoms with E-state index in [-0.39, 0.29) is 5.97 Å². The van der Waals surface area contributed by atoms with E-state index in [0.717, 1.165) is 22.2 Å². The van der Waals surface area contributed by atoms with Gasteiger partial charge in [-0.2, -0.15) is 0 Å². The molecule has 0 radical (unpaired) electrons. The van der Waals surface area contributed by atoms with Crippen LogP contribution in [0.1, 0.15) is 11.3 Å². The van der Waals surface area contributed by atoms with Crippen LogP contribution in [0, 0.1) is 0 Å². The summed E-state index contributed by atoms with van der Waals surface area (Å²) >= 11 is 0. The number of aliphatic imine (C=N–C) groups is 1. The van der Waals surface area contributed by atoms with Crippen molar-refractivity contribution in [2.24, 2.45) is 4.99 Å². The van der Waals surface area contributed by atoms with Crippen molar-refractivity contribution in [1.82, 2.24) is 4.98 Å². The molecule has 1 N–H and O–H groups in total. The van der Waals surface area contributed by atoms with Gasteiger partial charge in [0, 0.05) is 23.2 Å². The number of nitrogens with one attached hydrogen (secondary N) is 1. The van der Waals surface area contributed by atoms with E-state index in [1.165, 1.54) is 0 Å². The van der Waals surface area contributed by atoms with Crippen molar-refractivity contribution in [2.75, 3.05) is 0 Å². The summed E-state index contributed by atoms with van der Waals surface area (Å²) in [4.78, 5) is 19.8. The van der Waals surface area contributed by atoms with Crippen molar-refractivity contribution in [3.63, 3.8) is 0 Å². The van der Waals surface area contributed by atoms with Gasteiger partial charge in [-0.3, -0.25) is 0 Å². The van der Waals surface area contributed by atoms with Gasteiger partial charge in [0.05, 0.1) is 0 Å². The minimum absolute atomic E-state index is 0.294. The van der Waals surface area contributed by atoms with Crippen LogP contribution in [0.15, 0.2) is 65.7 Å². The van der Waals surface area contributed by atoms with Crippen LogP contribution in [0.2, 0.25) is 0 Å². The fraction of sp³-hybridized carbons (Fsp3) is 0.111. The number of aromatic nitrogens is 1. The SMILES string of the molecule is O=C1OC(c2ccccc2)=NC1Cc1cc2ccccc2[nH]1. The number of cyclic esters (lactones) is 1. The van der Waals surface area contributed by atoms with Gasteiger partial charge in [0.1, 0.15) is 0 Å². The molecule has 1 aromatic heterocycles. The van der Waals surface area contributed by atoms with Crippen LogP contribution in [0.3, 0.4) is 0 Å². The monoisotopic (exact) mass is 290 g/mol. The molecule has 1 atom stereocenters. The largest absolute Gasteiger partial charge is 0.406 e. The number of hydrogen-bond donors (Lipinski definition) is 1. The Bertz CT molecular complexity index is 832. The molecule has 0 bridgehead atoms. The van der Waals surface area contributed by atoms with E-state index in [0.29, 0.717) is 12.3 Å². The number of para-hydroxylation sites is 1. The lowest BCUT2D eigenvalue weighted by atomic mass is 10.1. The van der Waals surface area contributed by atoms with Crippen molar-refractivity contribution < 1.29 is 9.53 Å². The number of H-pyrrole nitrogens is 1. The average molecular weight is 290 g/mol. The molecule has 1 aliphatic heterocycles. The van der Waals surface area contributed by atoms with Gasteiger partial charge < -0.3 is 9.72 Å². The molecule has 4 heteroatoms. The maximum absolute atomic E-state index is 12.0. The Kier molecular flexibility index (Phi) is 3.00. The number of ether oxygens (including phenoxy) is 1. The molecule has 3 aromatic rings. The first-order valence-corrected chi connectivity index (χ1v) is 7.21. The first kappa shape index (κ1) is 12.8. The summed E-state index contributed by atoms with van der Waals surface area (Å²) in [7, 11) is 0. The van der Waals surface area contributed by atoms with E-state index in [9.17, 15) is 4.79 Å². The number of esters is 1. The van der Waals surface area contributed by atoms with Gasteiger partial charge in [-0.1, -0.05) is 36.4 Å². The topological polar surface area (TPSA) is 54.4 Å². The molecule has 2 aromatic carbocycles. The van der Waals surface area contributed by atoms with Gasteiger partial charge >= 0.3 is 5.97 Å². The Labute approximate surface area is 127 Å². The molecular formula is C18H14N2O2. The lowest BCUT2D eigenvalue weighted by Crippen LogP contribution is -2.17. The van der Waals surface area contributed by atoms with E-state index in [1.54, 1.807) is 0 Å². The Morgan fingerprint density at radius 1 is 1.05 bits per heavy atom. The number of benzene rings is 2. The highest BCUT2D eigenvalue weighted by molar-refractivity contribution is 6.06. The van der Waals surface area contributed by atoms with Crippen LogP contribution in [0.5, 0.6) is 0 Å². The molecule has 1 unspecified atom stereocenters. The number of hydrogen-bond acceptors (Lipinski definition) is 3. The van der Waals surface area contributed by atoms with E-state index in [1.807, 2.05) is 54.6 Å². The predicted molar refractivity (Wildman–Crippen MR) is 84.9 cm³/mol. The van der Waals surface area contributed by atoms with Crippen LogP contribution in [-0.2, 0) is 16.0 Å². The zero-order valence-electron chi connectivity index (χ0n) is 11.8. The van der Waals surface area contributed by atoms with Gasteiger partial charge in [0.15, 0.2) is 6.04 Å². The third-order valence-corrected chi connectivity index (χ3v) is 3.76. The third-order valence-electron chi connectivity index (χ3n) is 3.76. The summed E-state index contributed by atoms with van der Waals surface area (Å²) in [5, 5.41) is 1.14. The summed E-state index contributed by atoms with van der Waals surface area (Å²) in [5.41, 5.74) is 2.88. The Morgan fingerprint density at radius 2 is 1.82 bits per heavy atom.